The number of hydrogen-bond acceptors (Lipinski definition) is 4. The van der Waals surface area contributed by atoms with Crippen LogP contribution in [0.25, 0.3) is 0 Å². The molecule has 31 heavy (non-hydrogen) atoms. The van der Waals surface area contributed by atoms with Gasteiger partial charge in [-0.05, 0) is 86.8 Å². The van der Waals surface area contributed by atoms with Crippen LogP contribution in [0.4, 0.5) is 0 Å². The minimum Gasteiger partial charge on any atom is -0.497 e. The van der Waals surface area contributed by atoms with Gasteiger partial charge in [0.25, 0.3) is 0 Å². The summed E-state index contributed by atoms with van der Waals surface area (Å²) >= 11 is 0. The first kappa shape index (κ1) is 20.8. The lowest BCUT2D eigenvalue weighted by atomic mass is 9.52. The molecule has 5 saturated carbocycles. The Morgan fingerprint density at radius 3 is 2.23 bits per heavy atom. The maximum Gasteiger partial charge on any atom is 0.237 e. The smallest absolute Gasteiger partial charge is 0.237 e. The first-order chi connectivity index (χ1) is 15.1. The average Bonchev–Trinajstić information content (AvgIpc) is 3.58. The van der Waals surface area contributed by atoms with Crippen LogP contribution in [0, 0.1) is 29.1 Å². The third kappa shape index (κ3) is 4.32. The summed E-state index contributed by atoms with van der Waals surface area (Å²) in [6.45, 7) is 1.87. The Morgan fingerprint density at radius 2 is 1.71 bits per heavy atom. The molecule has 4 bridgehead atoms. The quantitative estimate of drug-likeness (QED) is 0.594. The summed E-state index contributed by atoms with van der Waals surface area (Å²) in [5.74, 6) is 3.49. The molecule has 1 amide bonds. The minimum atomic E-state index is 0.0258. The van der Waals surface area contributed by atoms with Crippen molar-refractivity contribution >= 4 is 5.91 Å². The molecule has 0 radical (unpaired) electrons. The van der Waals surface area contributed by atoms with E-state index in [0.717, 1.165) is 30.0 Å². The lowest BCUT2D eigenvalue weighted by Gasteiger charge is -2.60. The second-order valence-electron chi connectivity index (χ2n) is 10.6. The number of nitrogens with zero attached hydrogens (tertiary/aromatic N) is 3. The van der Waals surface area contributed by atoms with Crippen molar-refractivity contribution in [3.05, 3.63) is 29.8 Å². The predicted molar refractivity (Wildman–Crippen MR) is 119 cm³/mol. The van der Waals surface area contributed by atoms with Gasteiger partial charge in [-0.25, -0.2) is 0 Å². The molecular weight excluding hydrogens is 386 g/mol. The molecular formula is C26H35N3O2. The van der Waals surface area contributed by atoms with Gasteiger partial charge in [-0.3, -0.25) is 9.69 Å². The van der Waals surface area contributed by atoms with Crippen molar-refractivity contribution in [1.29, 1.82) is 5.26 Å². The van der Waals surface area contributed by atoms with Crippen molar-refractivity contribution in [2.75, 3.05) is 20.2 Å². The van der Waals surface area contributed by atoms with Crippen LogP contribution in [-0.2, 0) is 11.3 Å². The van der Waals surface area contributed by atoms with E-state index >= 15 is 0 Å². The molecule has 0 heterocycles. The van der Waals surface area contributed by atoms with Crippen LogP contribution in [-0.4, -0.2) is 47.5 Å². The first-order valence-corrected chi connectivity index (χ1v) is 12.1. The van der Waals surface area contributed by atoms with Crippen molar-refractivity contribution < 1.29 is 9.53 Å². The summed E-state index contributed by atoms with van der Waals surface area (Å²) in [5.41, 5.74) is 1.25. The van der Waals surface area contributed by atoms with Gasteiger partial charge in [0.2, 0.25) is 5.91 Å². The van der Waals surface area contributed by atoms with Gasteiger partial charge in [0.05, 0.1) is 26.1 Å². The molecule has 0 unspecified atom stereocenters. The lowest BCUT2D eigenvalue weighted by Crippen LogP contribution is -2.62. The Morgan fingerprint density at radius 1 is 1.10 bits per heavy atom. The highest BCUT2D eigenvalue weighted by Gasteiger charge is 2.54. The van der Waals surface area contributed by atoms with Crippen LogP contribution in [0.5, 0.6) is 5.75 Å². The summed E-state index contributed by atoms with van der Waals surface area (Å²) < 4.78 is 5.28. The van der Waals surface area contributed by atoms with Crippen LogP contribution >= 0.6 is 0 Å². The molecule has 0 aliphatic heterocycles. The fourth-order valence-electron chi connectivity index (χ4n) is 7.16. The second-order valence-corrected chi connectivity index (χ2v) is 10.6. The van der Waals surface area contributed by atoms with E-state index < -0.39 is 0 Å². The normalized spacial score (nSPS) is 30.9. The van der Waals surface area contributed by atoms with E-state index in [1.54, 1.807) is 7.11 Å². The van der Waals surface area contributed by atoms with Crippen molar-refractivity contribution in [2.24, 2.45) is 17.8 Å². The first-order valence-electron chi connectivity index (χ1n) is 12.1. The van der Waals surface area contributed by atoms with E-state index in [1.165, 1.54) is 56.9 Å². The van der Waals surface area contributed by atoms with E-state index in [9.17, 15) is 10.1 Å². The number of carbonyl (C=O) groups is 1. The summed E-state index contributed by atoms with van der Waals surface area (Å²) in [7, 11) is 1.68. The summed E-state index contributed by atoms with van der Waals surface area (Å²) in [6.07, 6.45) is 10.4. The Labute approximate surface area is 186 Å². The van der Waals surface area contributed by atoms with Gasteiger partial charge in [-0.15, -0.1) is 0 Å². The molecule has 5 aliphatic carbocycles. The number of benzene rings is 1. The molecule has 5 heteroatoms. The number of rotatable bonds is 9. The Hall–Kier alpha value is -2.06. The fourth-order valence-corrected chi connectivity index (χ4v) is 7.16. The Kier molecular flexibility index (Phi) is 5.69. The largest absolute Gasteiger partial charge is 0.497 e. The van der Waals surface area contributed by atoms with E-state index in [4.69, 9.17) is 4.74 Å². The number of methoxy groups -OCH3 is 1. The Balaban J connectivity index is 1.32. The van der Waals surface area contributed by atoms with E-state index in [-0.39, 0.29) is 11.4 Å². The average molecular weight is 422 g/mol. The zero-order valence-corrected chi connectivity index (χ0v) is 18.8. The molecule has 1 aromatic carbocycles. The van der Waals surface area contributed by atoms with Gasteiger partial charge < -0.3 is 9.64 Å². The molecule has 0 saturated heterocycles. The van der Waals surface area contributed by atoms with Gasteiger partial charge in [-0.2, -0.15) is 5.26 Å². The van der Waals surface area contributed by atoms with Crippen LogP contribution in [0.15, 0.2) is 24.3 Å². The fraction of sp³-hybridized carbons (Fsp3) is 0.692. The molecule has 6 rings (SSSR count). The summed E-state index contributed by atoms with van der Waals surface area (Å²) in [6, 6.07) is 11.0. The number of carbonyl (C=O) groups excluding carboxylic acids is 1. The van der Waals surface area contributed by atoms with E-state index in [1.807, 2.05) is 12.1 Å². The molecule has 0 aromatic heterocycles. The molecule has 1 aromatic rings. The molecule has 0 N–H and O–H groups in total. The summed E-state index contributed by atoms with van der Waals surface area (Å²) in [4.78, 5) is 18.3. The molecule has 5 fully saturated rings. The zero-order chi connectivity index (χ0) is 21.4. The zero-order valence-electron chi connectivity index (χ0n) is 18.8. The second kappa shape index (κ2) is 8.47. The van der Waals surface area contributed by atoms with Gasteiger partial charge >= 0.3 is 0 Å². The topological polar surface area (TPSA) is 56.6 Å². The van der Waals surface area contributed by atoms with Crippen LogP contribution in [0.3, 0.4) is 0 Å². The number of amides is 1. The number of nitriles is 1. The maximum atomic E-state index is 13.8. The lowest BCUT2D eigenvalue weighted by molar-refractivity contribution is -0.152. The van der Waals surface area contributed by atoms with Crippen LogP contribution in [0.1, 0.15) is 63.4 Å². The van der Waals surface area contributed by atoms with Gasteiger partial charge in [0.1, 0.15) is 5.75 Å². The van der Waals surface area contributed by atoms with Crippen molar-refractivity contribution in [2.45, 2.75) is 75.9 Å². The van der Waals surface area contributed by atoms with Gasteiger partial charge in [0.15, 0.2) is 0 Å². The minimum absolute atomic E-state index is 0.0258. The monoisotopic (exact) mass is 421 g/mol. The number of ether oxygens (including phenoxy) is 1. The third-order valence-corrected chi connectivity index (χ3v) is 8.27. The molecule has 166 valence electrons. The highest BCUT2D eigenvalue weighted by Crippen LogP contribution is 2.57. The van der Waals surface area contributed by atoms with Crippen LogP contribution in [0.2, 0.25) is 0 Å². The molecule has 0 spiro atoms. The molecule has 5 nitrogen and oxygen atoms in total. The van der Waals surface area contributed by atoms with Crippen molar-refractivity contribution in [3.63, 3.8) is 0 Å². The number of hydrogen-bond donors (Lipinski definition) is 0. The standard InChI is InChI=1S/C26H35N3O2/c1-31-24-7-3-19(4-8-24)17-28(23-5-6-23)18-25(30)29(10-2-9-27)26-14-20-11-21(15-26)13-22(12-20)16-26/h3-4,7-8,20-23H,2,5-6,10-18H2,1H3. The van der Waals surface area contributed by atoms with E-state index in [2.05, 4.69) is 28.0 Å². The summed E-state index contributed by atoms with van der Waals surface area (Å²) in [5, 5.41) is 9.29. The van der Waals surface area contributed by atoms with E-state index in [0.29, 0.717) is 25.6 Å². The van der Waals surface area contributed by atoms with Crippen molar-refractivity contribution in [1.82, 2.24) is 9.80 Å². The molecule has 5 aliphatic rings. The predicted octanol–water partition coefficient (Wildman–Crippen LogP) is 4.37. The van der Waals surface area contributed by atoms with Crippen LogP contribution < -0.4 is 4.74 Å². The highest BCUT2D eigenvalue weighted by atomic mass is 16.5. The SMILES string of the molecule is COc1ccc(CN(CC(=O)N(CCC#N)C23CC4CC(CC(C4)C2)C3)C2CC2)cc1. The Bertz CT molecular complexity index is 804. The molecule has 0 atom stereocenters. The third-order valence-electron chi connectivity index (χ3n) is 8.27. The van der Waals surface area contributed by atoms with Crippen molar-refractivity contribution in [3.8, 4) is 11.8 Å². The highest BCUT2D eigenvalue weighted by molar-refractivity contribution is 5.79. The van der Waals surface area contributed by atoms with Gasteiger partial charge in [0, 0.05) is 24.7 Å². The van der Waals surface area contributed by atoms with Gasteiger partial charge in [-0.1, -0.05) is 12.1 Å². The maximum absolute atomic E-state index is 13.8.